The molecular weight excluding hydrogens is 130 g/mol. The van der Waals surface area contributed by atoms with Crippen LogP contribution in [-0.4, -0.2) is 30.0 Å². The Bertz CT molecular complexity index is 78.0. The fourth-order valence-electron chi connectivity index (χ4n) is 1.28. The smallest absolute Gasteiger partial charge is 0.0459 e. The zero-order valence-corrected chi connectivity index (χ0v) is 6.45. The van der Waals surface area contributed by atoms with Crippen molar-refractivity contribution >= 4 is 0 Å². The van der Waals surface area contributed by atoms with E-state index in [1.165, 1.54) is 0 Å². The van der Waals surface area contributed by atoms with E-state index in [4.69, 9.17) is 15.9 Å². The van der Waals surface area contributed by atoms with Gasteiger partial charge in [-0.15, -0.1) is 0 Å². The van der Waals surface area contributed by atoms with E-state index in [1.54, 1.807) is 0 Å². The zero-order chi connectivity index (χ0) is 7.98. The van der Waals surface area contributed by atoms with Crippen molar-refractivity contribution in [2.45, 2.75) is 25.3 Å². The third-order valence-electron chi connectivity index (χ3n) is 1.84. The number of rotatable bonds is 1. The average molecular weight is 147 g/mol. The van der Waals surface area contributed by atoms with Crippen LogP contribution in [0.15, 0.2) is 0 Å². The van der Waals surface area contributed by atoms with Gasteiger partial charge in [0.1, 0.15) is 0 Å². The second kappa shape index (κ2) is 5.65. The van der Waals surface area contributed by atoms with Crippen molar-refractivity contribution in [2.24, 2.45) is 11.7 Å². The highest BCUT2D eigenvalue weighted by molar-refractivity contribution is 4.76. The van der Waals surface area contributed by atoms with Gasteiger partial charge in [-0.1, -0.05) is 0 Å². The van der Waals surface area contributed by atoms with Crippen LogP contribution in [0, 0.1) is 5.92 Å². The molecule has 0 aromatic carbocycles. The van der Waals surface area contributed by atoms with E-state index >= 15 is 0 Å². The van der Waals surface area contributed by atoms with Crippen molar-refractivity contribution in [2.75, 3.05) is 13.7 Å². The Hall–Kier alpha value is -0.120. The van der Waals surface area contributed by atoms with Crippen molar-refractivity contribution < 1.29 is 10.2 Å². The monoisotopic (exact) mass is 147 g/mol. The molecular formula is C7H17NO2. The number of aliphatic hydroxyl groups excluding tert-OH is 2. The summed E-state index contributed by atoms with van der Waals surface area (Å²) in [5, 5.41) is 15.6. The normalized spacial score (nSPS) is 31.2. The Morgan fingerprint density at radius 1 is 1.40 bits per heavy atom. The second-order valence-corrected chi connectivity index (χ2v) is 2.62. The molecule has 0 amide bonds. The van der Waals surface area contributed by atoms with Gasteiger partial charge in [0.05, 0.1) is 0 Å². The van der Waals surface area contributed by atoms with Gasteiger partial charge in [0.2, 0.25) is 0 Å². The van der Waals surface area contributed by atoms with Crippen molar-refractivity contribution in [3.8, 4) is 0 Å². The zero-order valence-electron chi connectivity index (χ0n) is 6.45. The Morgan fingerprint density at radius 3 is 2.20 bits per heavy atom. The molecule has 1 aliphatic carbocycles. The molecule has 1 fully saturated rings. The molecule has 1 rings (SSSR count). The van der Waals surface area contributed by atoms with Crippen LogP contribution in [0.4, 0.5) is 0 Å². The first-order valence-corrected chi connectivity index (χ1v) is 3.64. The van der Waals surface area contributed by atoms with E-state index in [0.29, 0.717) is 18.6 Å². The van der Waals surface area contributed by atoms with Crippen LogP contribution in [0.25, 0.3) is 0 Å². The lowest BCUT2D eigenvalue weighted by Crippen LogP contribution is -2.15. The first kappa shape index (κ1) is 9.88. The summed E-state index contributed by atoms with van der Waals surface area (Å²) in [6.07, 6.45) is 3.25. The van der Waals surface area contributed by atoms with Gasteiger partial charge in [-0.2, -0.15) is 0 Å². The predicted octanol–water partition coefficient (Wildman–Crippen LogP) is -0.285. The van der Waals surface area contributed by atoms with Gasteiger partial charge < -0.3 is 15.9 Å². The second-order valence-electron chi connectivity index (χ2n) is 2.62. The Morgan fingerprint density at radius 2 is 2.00 bits per heavy atom. The van der Waals surface area contributed by atoms with Crippen LogP contribution in [0.1, 0.15) is 19.3 Å². The van der Waals surface area contributed by atoms with Crippen molar-refractivity contribution in [1.29, 1.82) is 0 Å². The molecule has 0 aliphatic heterocycles. The molecule has 10 heavy (non-hydrogen) atoms. The highest BCUT2D eigenvalue weighted by atomic mass is 16.3. The van der Waals surface area contributed by atoms with Gasteiger partial charge in [0.25, 0.3) is 0 Å². The number of hydrogen-bond donors (Lipinski definition) is 3. The quantitative estimate of drug-likeness (QED) is 0.477. The lowest BCUT2D eigenvalue weighted by molar-refractivity contribution is 0.229. The SMILES string of the molecule is CO.NC1CCC(CO)C1. The number of hydrogen-bond acceptors (Lipinski definition) is 3. The minimum Gasteiger partial charge on any atom is -0.400 e. The Balaban J connectivity index is 0.000000371. The van der Waals surface area contributed by atoms with Crippen LogP contribution in [0.5, 0.6) is 0 Å². The van der Waals surface area contributed by atoms with Crippen molar-refractivity contribution in [3.63, 3.8) is 0 Å². The van der Waals surface area contributed by atoms with Crippen molar-refractivity contribution in [3.05, 3.63) is 0 Å². The fraction of sp³-hybridized carbons (Fsp3) is 1.00. The maximum Gasteiger partial charge on any atom is 0.0459 e. The molecule has 2 atom stereocenters. The van der Waals surface area contributed by atoms with E-state index in [-0.39, 0.29) is 0 Å². The van der Waals surface area contributed by atoms with E-state index in [0.717, 1.165) is 26.4 Å². The Kier molecular flexibility index (Phi) is 5.58. The van der Waals surface area contributed by atoms with E-state index in [9.17, 15) is 0 Å². The lowest BCUT2D eigenvalue weighted by Gasteiger charge is -2.01. The molecule has 0 saturated heterocycles. The highest BCUT2D eigenvalue weighted by Gasteiger charge is 2.19. The first-order valence-electron chi connectivity index (χ1n) is 3.64. The minimum atomic E-state index is 0.327. The van der Waals surface area contributed by atoms with E-state index in [2.05, 4.69) is 0 Å². The molecule has 3 nitrogen and oxygen atoms in total. The van der Waals surface area contributed by atoms with Crippen LogP contribution < -0.4 is 5.73 Å². The van der Waals surface area contributed by atoms with Crippen LogP contribution in [-0.2, 0) is 0 Å². The molecule has 0 heterocycles. The molecule has 4 N–H and O–H groups in total. The van der Waals surface area contributed by atoms with Crippen molar-refractivity contribution in [1.82, 2.24) is 0 Å². The van der Waals surface area contributed by atoms with Gasteiger partial charge in [0.15, 0.2) is 0 Å². The summed E-state index contributed by atoms with van der Waals surface area (Å²) in [5.74, 6) is 0.505. The Labute approximate surface area is 61.9 Å². The molecule has 0 radical (unpaired) electrons. The molecule has 0 spiro atoms. The summed E-state index contributed by atoms with van der Waals surface area (Å²) in [6.45, 7) is 0.327. The molecule has 0 aromatic rings. The molecule has 3 heteroatoms. The van der Waals surface area contributed by atoms with Crippen LogP contribution in [0.2, 0.25) is 0 Å². The first-order chi connectivity index (χ1) is 4.83. The standard InChI is InChI=1S/C6H13NO.CH4O/c7-6-2-1-5(3-6)4-8;1-2/h5-6,8H,1-4,7H2;2H,1H3. The van der Waals surface area contributed by atoms with E-state index in [1.807, 2.05) is 0 Å². The topological polar surface area (TPSA) is 66.5 Å². The summed E-state index contributed by atoms with van der Waals surface area (Å²) in [6, 6.07) is 0.368. The molecule has 1 aliphatic rings. The average Bonchev–Trinajstić information content (AvgIpc) is 2.40. The summed E-state index contributed by atoms with van der Waals surface area (Å²) in [5.41, 5.74) is 5.59. The number of aliphatic hydroxyl groups is 2. The lowest BCUT2D eigenvalue weighted by atomic mass is 10.1. The molecule has 0 bridgehead atoms. The van der Waals surface area contributed by atoms with Gasteiger partial charge in [-0.3, -0.25) is 0 Å². The third kappa shape index (κ3) is 3.15. The summed E-state index contributed by atoms with van der Waals surface area (Å²) < 4.78 is 0. The van der Waals surface area contributed by atoms with Gasteiger partial charge in [0, 0.05) is 19.8 Å². The summed E-state index contributed by atoms with van der Waals surface area (Å²) >= 11 is 0. The van der Waals surface area contributed by atoms with Crippen LogP contribution >= 0.6 is 0 Å². The largest absolute Gasteiger partial charge is 0.400 e. The molecule has 62 valence electrons. The summed E-state index contributed by atoms with van der Waals surface area (Å²) in [7, 11) is 1.00. The molecule has 0 aromatic heterocycles. The fourth-order valence-corrected chi connectivity index (χ4v) is 1.28. The van der Waals surface area contributed by atoms with Crippen LogP contribution in [0.3, 0.4) is 0 Å². The molecule has 1 saturated carbocycles. The predicted molar refractivity (Wildman–Crippen MR) is 40.5 cm³/mol. The number of nitrogens with two attached hydrogens (primary N) is 1. The minimum absolute atomic E-state index is 0.327. The maximum atomic E-state index is 8.63. The summed E-state index contributed by atoms with van der Waals surface area (Å²) in [4.78, 5) is 0. The van der Waals surface area contributed by atoms with Gasteiger partial charge in [-0.25, -0.2) is 0 Å². The van der Waals surface area contributed by atoms with Gasteiger partial charge >= 0.3 is 0 Å². The van der Waals surface area contributed by atoms with Gasteiger partial charge in [-0.05, 0) is 25.2 Å². The maximum absolute atomic E-state index is 8.63. The highest BCUT2D eigenvalue weighted by Crippen LogP contribution is 2.22. The molecule has 2 unspecified atom stereocenters. The van der Waals surface area contributed by atoms with E-state index < -0.39 is 0 Å². The third-order valence-corrected chi connectivity index (χ3v) is 1.84.